The first-order valence-corrected chi connectivity index (χ1v) is 11.3. The van der Waals surface area contributed by atoms with E-state index in [2.05, 4.69) is 21.2 Å². The first kappa shape index (κ1) is 22.7. The Kier molecular flexibility index (Phi) is 7.21. The number of hydrazine groups is 1. The number of carbonyl (C=O) groups is 1. The first-order chi connectivity index (χ1) is 14.8. The highest BCUT2D eigenvalue weighted by atomic mass is 35.5. The lowest BCUT2D eigenvalue weighted by molar-refractivity contribution is 0.254. The minimum Gasteiger partial charge on any atom is -0.305 e. The second-order valence-corrected chi connectivity index (χ2v) is 8.92. The molecule has 0 atom stereocenters. The summed E-state index contributed by atoms with van der Waals surface area (Å²) >= 11 is 11.9. The van der Waals surface area contributed by atoms with E-state index in [1.165, 1.54) is 28.7 Å². The van der Waals surface area contributed by atoms with Gasteiger partial charge in [0.15, 0.2) is 0 Å². The van der Waals surface area contributed by atoms with E-state index in [0.717, 1.165) is 0 Å². The molecule has 0 saturated carbocycles. The molecule has 0 aliphatic rings. The van der Waals surface area contributed by atoms with Crippen molar-refractivity contribution in [2.45, 2.75) is 11.8 Å². The van der Waals surface area contributed by atoms with Crippen LogP contribution in [0, 0.1) is 0 Å². The predicted molar refractivity (Wildman–Crippen MR) is 123 cm³/mol. The summed E-state index contributed by atoms with van der Waals surface area (Å²) in [5.74, 6) is 0.244. The van der Waals surface area contributed by atoms with E-state index < -0.39 is 16.1 Å². The number of aromatic nitrogens is 1. The number of nitrogens with one attached hydrogen (secondary N) is 3. The first-order valence-electron chi connectivity index (χ1n) is 9.13. The zero-order valence-electron chi connectivity index (χ0n) is 16.3. The van der Waals surface area contributed by atoms with Gasteiger partial charge >= 0.3 is 6.03 Å². The van der Waals surface area contributed by atoms with E-state index in [1.54, 1.807) is 43.3 Å². The second-order valence-electron chi connectivity index (χ2n) is 6.21. The summed E-state index contributed by atoms with van der Waals surface area (Å²) in [6.07, 6.45) is 1.22. The Hall–Kier alpha value is -3.01. The molecular weight excluding hydrogens is 461 g/mol. The lowest BCUT2D eigenvalue weighted by atomic mass is 10.3. The Bertz CT molecular complexity index is 1160. The van der Waals surface area contributed by atoms with Crippen LogP contribution in [0.3, 0.4) is 0 Å². The number of rotatable bonds is 7. The SMILES string of the molecule is CCN(c1ccccc1)S(=O)(=O)c1ccc(NNC(=O)Nc2cc(Cl)ccc2Cl)nc1. The number of hydrogen-bond donors (Lipinski definition) is 3. The standard InChI is InChI=1S/C20H19Cl2N5O3S/c1-2-27(15-6-4-3-5-7-15)31(29,30)16-9-11-19(23-13-16)25-26-20(28)24-18-12-14(21)8-10-17(18)22/h3-13H,2H2,1H3,(H,23,25)(H2,24,26,28). The number of halogens is 2. The molecule has 0 aliphatic carbocycles. The minimum atomic E-state index is -3.79. The molecular formula is C20H19Cl2N5O3S. The molecule has 1 aromatic heterocycles. The van der Waals surface area contributed by atoms with Crippen molar-refractivity contribution in [3.05, 3.63) is 76.9 Å². The fourth-order valence-electron chi connectivity index (χ4n) is 2.69. The quantitative estimate of drug-likeness (QED) is 0.424. The van der Waals surface area contributed by atoms with E-state index in [0.29, 0.717) is 21.4 Å². The maximum atomic E-state index is 13.0. The van der Waals surface area contributed by atoms with Crippen LogP contribution in [0.15, 0.2) is 71.8 Å². The van der Waals surface area contributed by atoms with Crippen molar-refractivity contribution < 1.29 is 13.2 Å². The maximum absolute atomic E-state index is 13.0. The number of benzene rings is 2. The Balaban J connectivity index is 1.65. The molecule has 3 N–H and O–H groups in total. The Morgan fingerprint density at radius 1 is 1.06 bits per heavy atom. The number of carbonyl (C=O) groups excluding carboxylic acids is 1. The van der Waals surface area contributed by atoms with E-state index in [9.17, 15) is 13.2 Å². The van der Waals surface area contributed by atoms with Gasteiger partial charge < -0.3 is 5.32 Å². The molecule has 0 spiro atoms. The number of para-hydroxylation sites is 1. The number of nitrogens with zero attached hydrogens (tertiary/aromatic N) is 2. The molecule has 2 amide bonds. The van der Waals surface area contributed by atoms with Gasteiger partial charge in [0.05, 0.1) is 16.4 Å². The van der Waals surface area contributed by atoms with Gasteiger partial charge in [0.1, 0.15) is 10.7 Å². The van der Waals surface area contributed by atoms with Crippen LogP contribution in [0.4, 0.5) is 22.0 Å². The van der Waals surface area contributed by atoms with Gasteiger partial charge in [-0.3, -0.25) is 15.2 Å². The molecule has 0 saturated heterocycles. The van der Waals surface area contributed by atoms with Gasteiger partial charge in [-0.1, -0.05) is 41.4 Å². The van der Waals surface area contributed by atoms with Gasteiger partial charge in [-0.2, -0.15) is 0 Å². The van der Waals surface area contributed by atoms with Crippen molar-refractivity contribution in [3.63, 3.8) is 0 Å². The summed E-state index contributed by atoms with van der Waals surface area (Å²) in [4.78, 5) is 16.1. The number of urea groups is 1. The average Bonchev–Trinajstić information content (AvgIpc) is 2.76. The monoisotopic (exact) mass is 479 g/mol. The smallest absolute Gasteiger partial charge is 0.305 e. The third-order valence-corrected chi connectivity index (χ3v) is 6.59. The van der Waals surface area contributed by atoms with Crippen molar-refractivity contribution in [3.8, 4) is 0 Å². The van der Waals surface area contributed by atoms with Crippen LogP contribution in [-0.4, -0.2) is 26.0 Å². The van der Waals surface area contributed by atoms with Crippen LogP contribution in [0.5, 0.6) is 0 Å². The normalized spacial score (nSPS) is 10.9. The molecule has 0 aliphatic heterocycles. The molecule has 2 aromatic carbocycles. The topological polar surface area (TPSA) is 103 Å². The summed E-state index contributed by atoms with van der Waals surface area (Å²) in [6.45, 7) is 2.02. The molecule has 0 unspecified atom stereocenters. The highest BCUT2D eigenvalue weighted by Crippen LogP contribution is 2.25. The van der Waals surface area contributed by atoms with Gasteiger partial charge in [0.2, 0.25) is 0 Å². The zero-order chi connectivity index (χ0) is 22.4. The molecule has 1 heterocycles. The largest absolute Gasteiger partial charge is 0.337 e. The molecule has 0 fully saturated rings. The summed E-state index contributed by atoms with van der Waals surface area (Å²) in [6, 6.07) is 15.7. The maximum Gasteiger partial charge on any atom is 0.337 e. The van der Waals surface area contributed by atoms with Gasteiger partial charge in [-0.05, 0) is 49.4 Å². The van der Waals surface area contributed by atoms with Crippen molar-refractivity contribution in [1.82, 2.24) is 10.4 Å². The van der Waals surface area contributed by atoms with Crippen LogP contribution < -0.4 is 20.5 Å². The van der Waals surface area contributed by atoms with Crippen molar-refractivity contribution in [1.29, 1.82) is 0 Å². The molecule has 31 heavy (non-hydrogen) atoms. The van der Waals surface area contributed by atoms with Gasteiger partial charge in [0.25, 0.3) is 10.0 Å². The summed E-state index contributed by atoms with van der Waals surface area (Å²) < 4.78 is 27.2. The van der Waals surface area contributed by atoms with Crippen LogP contribution in [0.25, 0.3) is 0 Å². The molecule has 3 rings (SSSR count). The molecule has 8 nitrogen and oxygen atoms in total. The van der Waals surface area contributed by atoms with E-state index in [4.69, 9.17) is 23.2 Å². The van der Waals surface area contributed by atoms with Crippen molar-refractivity contribution >= 4 is 56.4 Å². The summed E-state index contributed by atoms with van der Waals surface area (Å²) in [5, 5.41) is 3.28. The summed E-state index contributed by atoms with van der Waals surface area (Å²) in [5.41, 5.74) is 5.88. The predicted octanol–water partition coefficient (Wildman–Crippen LogP) is 4.75. The van der Waals surface area contributed by atoms with Gasteiger partial charge in [-0.15, -0.1) is 0 Å². The van der Waals surface area contributed by atoms with Gasteiger partial charge in [0, 0.05) is 17.8 Å². The van der Waals surface area contributed by atoms with Crippen LogP contribution in [-0.2, 0) is 10.0 Å². The molecule has 0 radical (unpaired) electrons. The van der Waals surface area contributed by atoms with E-state index in [1.807, 2.05) is 6.07 Å². The Morgan fingerprint density at radius 3 is 2.45 bits per heavy atom. The third kappa shape index (κ3) is 5.57. The van der Waals surface area contributed by atoms with Crippen LogP contribution in [0.2, 0.25) is 10.0 Å². The Morgan fingerprint density at radius 2 is 1.81 bits per heavy atom. The zero-order valence-corrected chi connectivity index (χ0v) is 18.7. The second kappa shape index (κ2) is 9.86. The molecule has 0 bridgehead atoms. The lowest BCUT2D eigenvalue weighted by Crippen LogP contribution is -2.34. The molecule has 11 heteroatoms. The third-order valence-electron chi connectivity index (χ3n) is 4.14. The lowest BCUT2D eigenvalue weighted by Gasteiger charge is -2.22. The average molecular weight is 480 g/mol. The molecule has 3 aromatic rings. The number of sulfonamides is 1. The molecule has 162 valence electrons. The number of hydrogen-bond acceptors (Lipinski definition) is 5. The Labute approximate surface area is 190 Å². The highest BCUT2D eigenvalue weighted by molar-refractivity contribution is 7.92. The van der Waals surface area contributed by atoms with E-state index in [-0.39, 0.29) is 17.3 Å². The van der Waals surface area contributed by atoms with Crippen LogP contribution >= 0.6 is 23.2 Å². The van der Waals surface area contributed by atoms with Gasteiger partial charge in [-0.25, -0.2) is 18.2 Å². The van der Waals surface area contributed by atoms with E-state index >= 15 is 0 Å². The minimum absolute atomic E-state index is 0.0268. The number of anilines is 3. The fourth-order valence-corrected chi connectivity index (χ4v) is 4.44. The summed E-state index contributed by atoms with van der Waals surface area (Å²) in [7, 11) is -3.79. The number of pyridine rings is 1. The number of amides is 2. The van der Waals surface area contributed by atoms with Crippen LogP contribution in [0.1, 0.15) is 6.92 Å². The van der Waals surface area contributed by atoms with Crippen molar-refractivity contribution in [2.24, 2.45) is 0 Å². The fraction of sp³-hybridized carbons (Fsp3) is 0.100. The van der Waals surface area contributed by atoms with Crippen molar-refractivity contribution in [2.75, 3.05) is 21.6 Å². The highest BCUT2D eigenvalue weighted by Gasteiger charge is 2.23.